The van der Waals surface area contributed by atoms with E-state index in [-0.39, 0.29) is 0 Å². The minimum absolute atomic E-state index is 0.683. The fourth-order valence-electron chi connectivity index (χ4n) is 2.05. The number of hydrogen-bond donors (Lipinski definition) is 2. The molecule has 0 saturated heterocycles. The second kappa shape index (κ2) is 7.26. The Labute approximate surface area is 120 Å². The van der Waals surface area contributed by atoms with Crippen molar-refractivity contribution in [3.8, 4) is 5.75 Å². The van der Waals surface area contributed by atoms with Gasteiger partial charge in [0.25, 0.3) is 0 Å². The Balaban J connectivity index is 1.87. The lowest BCUT2D eigenvalue weighted by Gasteiger charge is -2.09. The first-order valence-electron chi connectivity index (χ1n) is 7.16. The van der Waals surface area contributed by atoms with E-state index >= 15 is 0 Å². The largest absolute Gasteiger partial charge is 0.494 e. The van der Waals surface area contributed by atoms with Gasteiger partial charge in [-0.1, -0.05) is 0 Å². The minimum Gasteiger partial charge on any atom is -0.494 e. The van der Waals surface area contributed by atoms with E-state index in [1.54, 1.807) is 0 Å². The van der Waals surface area contributed by atoms with E-state index in [4.69, 9.17) is 4.74 Å². The normalized spacial score (nSPS) is 11.4. The fraction of sp³-hybridized carbons (Fsp3) is 0.533. The second-order valence-corrected chi connectivity index (χ2v) is 5.10. The maximum atomic E-state index is 5.49. The third-order valence-electron chi connectivity index (χ3n) is 3.09. The summed E-state index contributed by atoms with van der Waals surface area (Å²) in [6.45, 7) is 5.66. The summed E-state index contributed by atoms with van der Waals surface area (Å²) < 4.78 is 5.49. The van der Waals surface area contributed by atoms with Gasteiger partial charge in [-0.15, -0.1) is 0 Å². The average molecular weight is 276 g/mol. The standard InChI is InChI=1S/C15H24N4O/c1-4-20-12-5-6-13-14(11-12)18-15(17-13)7-8-16-9-10-19(2)3/h5-6,11,16H,4,7-10H2,1-3H3,(H,17,18). The number of benzene rings is 1. The molecule has 2 N–H and O–H groups in total. The molecule has 0 aliphatic rings. The van der Waals surface area contributed by atoms with Gasteiger partial charge in [0.05, 0.1) is 17.6 Å². The highest BCUT2D eigenvalue weighted by molar-refractivity contribution is 5.76. The van der Waals surface area contributed by atoms with Crippen LogP contribution in [-0.4, -0.2) is 55.2 Å². The van der Waals surface area contributed by atoms with Crippen LogP contribution in [0.25, 0.3) is 11.0 Å². The molecule has 1 aromatic carbocycles. The van der Waals surface area contributed by atoms with E-state index in [0.29, 0.717) is 6.61 Å². The van der Waals surface area contributed by atoms with E-state index < -0.39 is 0 Å². The molecule has 0 aliphatic carbocycles. The van der Waals surface area contributed by atoms with Gasteiger partial charge in [0.15, 0.2) is 0 Å². The van der Waals surface area contributed by atoms with Crippen LogP contribution in [0, 0.1) is 0 Å². The predicted octanol–water partition coefficient (Wildman–Crippen LogP) is 1.66. The Morgan fingerprint density at radius 2 is 2.15 bits per heavy atom. The number of nitrogens with one attached hydrogen (secondary N) is 2. The number of rotatable bonds is 8. The van der Waals surface area contributed by atoms with E-state index in [9.17, 15) is 0 Å². The SMILES string of the molecule is CCOc1ccc2nc(CCNCCN(C)C)[nH]c2c1. The number of ether oxygens (including phenoxy) is 1. The van der Waals surface area contributed by atoms with Gasteiger partial charge in [0, 0.05) is 32.1 Å². The number of nitrogens with zero attached hydrogens (tertiary/aromatic N) is 2. The molecule has 0 fully saturated rings. The van der Waals surface area contributed by atoms with Crippen molar-refractivity contribution in [1.29, 1.82) is 0 Å². The number of fused-ring (bicyclic) bond motifs is 1. The molecular formula is C15H24N4O. The molecule has 5 heteroatoms. The van der Waals surface area contributed by atoms with Crippen LogP contribution in [0.5, 0.6) is 5.75 Å². The molecule has 110 valence electrons. The summed E-state index contributed by atoms with van der Waals surface area (Å²) in [7, 11) is 4.16. The minimum atomic E-state index is 0.683. The van der Waals surface area contributed by atoms with Crippen LogP contribution in [0.3, 0.4) is 0 Å². The highest BCUT2D eigenvalue weighted by Crippen LogP contribution is 2.19. The maximum absolute atomic E-state index is 5.49. The Morgan fingerprint density at radius 1 is 1.30 bits per heavy atom. The molecule has 2 rings (SSSR count). The van der Waals surface area contributed by atoms with Gasteiger partial charge in [0.2, 0.25) is 0 Å². The van der Waals surface area contributed by atoms with Gasteiger partial charge in [0.1, 0.15) is 11.6 Å². The highest BCUT2D eigenvalue weighted by Gasteiger charge is 2.04. The summed E-state index contributed by atoms with van der Waals surface area (Å²) in [5, 5.41) is 3.41. The van der Waals surface area contributed by atoms with Crippen LogP contribution >= 0.6 is 0 Å². The van der Waals surface area contributed by atoms with E-state index in [1.165, 1.54) is 0 Å². The molecule has 0 aliphatic heterocycles. The van der Waals surface area contributed by atoms with Crippen molar-refractivity contribution < 1.29 is 4.74 Å². The summed E-state index contributed by atoms with van der Waals surface area (Å²) in [5.74, 6) is 1.91. The second-order valence-electron chi connectivity index (χ2n) is 5.10. The molecule has 0 spiro atoms. The van der Waals surface area contributed by atoms with Crippen LogP contribution in [0.15, 0.2) is 18.2 Å². The summed E-state index contributed by atoms with van der Waals surface area (Å²) in [5.41, 5.74) is 2.04. The van der Waals surface area contributed by atoms with Crippen molar-refractivity contribution in [3.05, 3.63) is 24.0 Å². The topological polar surface area (TPSA) is 53.2 Å². The van der Waals surface area contributed by atoms with Crippen molar-refractivity contribution in [2.45, 2.75) is 13.3 Å². The molecule has 5 nitrogen and oxygen atoms in total. The maximum Gasteiger partial charge on any atom is 0.121 e. The molecule has 20 heavy (non-hydrogen) atoms. The first-order valence-corrected chi connectivity index (χ1v) is 7.16. The Bertz CT molecular complexity index is 536. The zero-order valence-electron chi connectivity index (χ0n) is 12.6. The third kappa shape index (κ3) is 4.21. The summed E-state index contributed by atoms with van der Waals surface area (Å²) >= 11 is 0. The third-order valence-corrected chi connectivity index (χ3v) is 3.09. The van der Waals surface area contributed by atoms with Gasteiger partial charge in [-0.2, -0.15) is 0 Å². The molecule has 0 bridgehead atoms. The average Bonchev–Trinajstić information content (AvgIpc) is 2.80. The number of aromatic amines is 1. The van der Waals surface area contributed by atoms with E-state index in [2.05, 4.69) is 34.3 Å². The van der Waals surface area contributed by atoms with Gasteiger partial charge in [-0.25, -0.2) is 4.98 Å². The lowest BCUT2D eigenvalue weighted by Crippen LogP contribution is -2.28. The van der Waals surface area contributed by atoms with Crippen molar-refractivity contribution in [1.82, 2.24) is 20.2 Å². The molecule has 0 radical (unpaired) electrons. The van der Waals surface area contributed by atoms with Crippen LogP contribution < -0.4 is 10.1 Å². The number of likely N-dealkylation sites (N-methyl/N-ethyl adjacent to an activating group) is 1. The number of imidazole rings is 1. The molecule has 0 amide bonds. The van der Waals surface area contributed by atoms with Crippen molar-refractivity contribution in [2.24, 2.45) is 0 Å². The van der Waals surface area contributed by atoms with Crippen LogP contribution in [0.2, 0.25) is 0 Å². The summed E-state index contributed by atoms with van der Waals surface area (Å²) in [6, 6.07) is 5.97. The smallest absolute Gasteiger partial charge is 0.121 e. The number of H-pyrrole nitrogens is 1. The van der Waals surface area contributed by atoms with Crippen molar-refractivity contribution in [2.75, 3.05) is 40.3 Å². The highest BCUT2D eigenvalue weighted by atomic mass is 16.5. The molecule has 0 unspecified atom stereocenters. The Kier molecular flexibility index (Phi) is 5.38. The Morgan fingerprint density at radius 3 is 2.90 bits per heavy atom. The molecule has 1 heterocycles. The van der Waals surface area contributed by atoms with Crippen molar-refractivity contribution >= 4 is 11.0 Å². The van der Waals surface area contributed by atoms with Crippen LogP contribution in [0.4, 0.5) is 0 Å². The molecule has 2 aromatic rings. The summed E-state index contributed by atoms with van der Waals surface area (Å²) in [6.07, 6.45) is 0.909. The lowest BCUT2D eigenvalue weighted by molar-refractivity contribution is 0.340. The van der Waals surface area contributed by atoms with Gasteiger partial charge in [-0.05, 0) is 33.2 Å². The van der Waals surface area contributed by atoms with Crippen molar-refractivity contribution in [3.63, 3.8) is 0 Å². The Hall–Kier alpha value is -1.59. The van der Waals surface area contributed by atoms with Gasteiger partial charge in [-0.3, -0.25) is 0 Å². The van der Waals surface area contributed by atoms with E-state index in [0.717, 1.165) is 48.7 Å². The lowest BCUT2D eigenvalue weighted by atomic mass is 10.3. The fourth-order valence-corrected chi connectivity index (χ4v) is 2.05. The van der Waals surface area contributed by atoms with Crippen LogP contribution in [-0.2, 0) is 6.42 Å². The molecule has 0 saturated carbocycles. The zero-order chi connectivity index (χ0) is 14.4. The molecule has 1 aromatic heterocycles. The van der Waals surface area contributed by atoms with Gasteiger partial charge >= 0.3 is 0 Å². The number of hydrogen-bond acceptors (Lipinski definition) is 4. The van der Waals surface area contributed by atoms with Gasteiger partial charge < -0.3 is 19.9 Å². The zero-order valence-corrected chi connectivity index (χ0v) is 12.6. The quantitative estimate of drug-likeness (QED) is 0.720. The first-order chi connectivity index (χ1) is 9.69. The first kappa shape index (κ1) is 14.8. The number of aromatic nitrogens is 2. The monoisotopic (exact) mass is 276 g/mol. The predicted molar refractivity (Wildman–Crippen MR) is 82.4 cm³/mol. The van der Waals surface area contributed by atoms with E-state index in [1.807, 2.05) is 25.1 Å². The molecular weight excluding hydrogens is 252 g/mol. The summed E-state index contributed by atoms with van der Waals surface area (Å²) in [4.78, 5) is 10.1. The molecule has 0 atom stereocenters. The van der Waals surface area contributed by atoms with Crippen LogP contribution in [0.1, 0.15) is 12.7 Å².